The Morgan fingerprint density at radius 1 is 1.36 bits per heavy atom. The van der Waals surface area contributed by atoms with Crippen LogP contribution < -0.4 is 9.47 Å². The summed E-state index contributed by atoms with van der Waals surface area (Å²) in [5.74, 6) is 1.68. The van der Waals surface area contributed by atoms with Crippen LogP contribution in [0.3, 0.4) is 0 Å². The highest BCUT2D eigenvalue weighted by molar-refractivity contribution is 5.52. The van der Waals surface area contributed by atoms with E-state index in [1.54, 1.807) is 0 Å². The van der Waals surface area contributed by atoms with Crippen molar-refractivity contribution < 1.29 is 14.6 Å². The van der Waals surface area contributed by atoms with Crippen LogP contribution in [-0.2, 0) is 12.8 Å². The summed E-state index contributed by atoms with van der Waals surface area (Å²) in [7, 11) is 0. The molecule has 0 amide bonds. The first-order valence-corrected chi connectivity index (χ1v) is 4.88. The highest BCUT2D eigenvalue weighted by Crippen LogP contribution is 2.37. The maximum Gasteiger partial charge on any atom is 0.231 e. The first-order valence-electron chi connectivity index (χ1n) is 4.88. The van der Waals surface area contributed by atoms with E-state index in [1.807, 2.05) is 12.1 Å². The molecule has 1 heterocycles. The molecule has 1 aromatic rings. The van der Waals surface area contributed by atoms with Crippen LogP contribution in [0, 0.1) is 0 Å². The van der Waals surface area contributed by atoms with E-state index in [-0.39, 0.29) is 6.61 Å². The minimum absolute atomic E-state index is 0.173. The Balaban J connectivity index is 2.43. The molecule has 0 spiro atoms. The average molecular weight is 194 g/mol. The van der Waals surface area contributed by atoms with Crippen LogP contribution in [0.2, 0.25) is 0 Å². The summed E-state index contributed by atoms with van der Waals surface area (Å²) in [6.45, 7) is 2.57. The van der Waals surface area contributed by atoms with Gasteiger partial charge in [-0.15, -0.1) is 0 Å². The highest BCUT2D eigenvalue weighted by atomic mass is 16.7. The quantitative estimate of drug-likeness (QED) is 0.792. The molecule has 2 rings (SSSR count). The molecule has 0 bridgehead atoms. The Morgan fingerprint density at radius 2 is 2.21 bits per heavy atom. The number of aliphatic hydroxyl groups is 1. The summed E-state index contributed by atoms with van der Waals surface area (Å²) in [5.41, 5.74) is 2.31. The third kappa shape index (κ3) is 1.44. The van der Waals surface area contributed by atoms with Gasteiger partial charge in [0, 0.05) is 12.2 Å². The Bertz CT molecular complexity index is 334. The van der Waals surface area contributed by atoms with Crippen LogP contribution in [0.1, 0.15) is 18.1 Å². The van der Waals surface area contributed by atoms with Crippen LogP contribution in [0.5, 0.6) is 11.5 Å². The molecular weight excluding hydrogens is 180 g/mol. The maximum atomic E-state index is 8.92. The first-order chi connectivity index (χ1) is 6.86. The van der Waals surface area contributed by atoms with Crippen LogP contribution in [0.15, 0.2) is 12.1 Å². The van der Waals surface area contributed by atoms with E-state index < -0.39 is 0 Å². The zero-order valence-corrected chi connectivity index (χ0v) is 8.25. The van der Waals surface area contributed by atoms with Crippen molar-refractivity contribution in [2.45, 2.75) is 19.8 Å². The number of hydrogen-bond acceptors (Lipinski definition) is 3. The number of ether oxygens (including phenoxy) is 2. The van der Waals surface area contributed by atoms with Gasteiger partial charge in [-0.2, -0.15) is 0 Å². The van der Waals surface area contributed by atoms with Gasteiger partial charge in [-0.1, -0.05) is 13.0 Å². The second kappa shape index (κ2) is 3.88. The fourth-order valence-electron chi connectivity index (χ4n) is 1.81. The molecule has 0 atom stereocenters. The van der Waals surface area contributed by atoms with Gasteiger partial charge in [0.1, 0.15) is 0 Å². The molecule has 0 radical (unpaired) electrons. The predicted molar refractivity (Wildman–Crippen MR) is 52.7 cm³/mol. The largest absolute Gasteiger partial charge is 0.454 e. The van der Waals surface area contributed by atoms with E-state index in [0.29, 0.717) is 13.2 Å². The van der Waals surface area contributed by atoms with E-state index in [0.717, 1.165) is 29.0 Å². The summed E-state index contributed by atoms with van der Waals surface area (Å²) in [4.78, 5) is 0. The Labute approximate surface area is 83.3 Å². The second-order valence-electron chi connectivity index (χ2n) is 3.26. The fraction of sp³-hybridized carbons (Fsp3) is 0.455. The van der Waals surface area contributed by atoms with Crippen LogP contribution in [0.4, 0.5) is 0 Å². The van der Waals surface area contributed by atoms with Crippen molar-refractivity contribution in [3.05, 3.63) is 23.3 Å². The molecule has 1 aliphatic heterocycles. The van der Waals surface area contributed by atoms with Crippen molar-refractivity contribution in [3.63, 3.8) is 0 Å². The lowest BCUT2D eigenvalue weighted by atomic mass is 10.0. The highest BCUT2D eigenvalue weighted by Gasteiger charge is 2.18. The van der Waals surface area contributed by atoms with Gasteiger partial charge in [-0.3, -0.25) is 0 Å². The fourth-order valence-corrected chi connectivity index (χ4v) is 1.81. The molecule has 1 N–H and O–H groups in total. The predicted octanol–water partition coefficient (Wildman–Crippen LogP) is 1.51. The van der Waals surface area contributed by atoms with Crippen molar-refractivity contribution in [1.29, 1.82) is 0 Å². The Morgan fingerprint density at radius 3 is 2.93 bits per heavy atom. The first kappa shape index (κ1) is 9.34. The molecule has 1 aromatic carbocycles. The topological polar surface area (TPSA) is 38.7 Å². The second-order valence-corrected chi connectivity index (χ2v) is 3.26. The van der Waals surface area contributed by atoms with Crippen molar-refractivity contribution in [3.8, 4) is 11.5 Å². The van der Waals surface area contributed by atoms with Crippen molar-refractivity contribution in [1.82, 2.24) is 0 Å². The number of benzene rings is 1. The van der Waals surface area contributed by atoms with E-state index >= 15 is 0 Å². The Kier molecular flexibility index (Phi) is 2.59. The third-order valence-corrected chi connectivity index (χ3v) is 2.47. The lowest BCUT2D eigenvalue weighted by molar-refractivity contribution is 0.173. The minimum Gasteiger partial charge on any atom is -0.454 e. The molecule has 1 aliphatic rings. The zero-order valence-electron chi connectivity index (χ0n) is 8.25. The summed E-state index contributed by atoms with van der Waals surface area (Å²) in [5, 5.41) is 8.92. The van der Waals surface area contributed by atoms with Gasteiger partial charge in [-0.25, -0.2) is 0 Å². The SMILES string of the molecule is CCc1c(CCO)ccc2c1OCO2. The molecule has 3 nitrogen and oxygen atoms in total. The lowest BCUT2D eigenvalue weighted by Gasteiger charge is -2.09. The normalized spacial score (nSPS) is 13.3. The van der Waals surface area contributed by atoms with Crippen LogP contribution >= 0.6 is 0 Å². The number of rotatable bonds is 3. The van der Waals surface area contributed by atoms with Gasteiger partial charge in [0.05, 0.1) is 0 Å². The molecule has 3 heteroatoms. The summed E-state index contributed by atoms with van der Waals surface area (Å²) < 4.78 is 10.7. The Hall–Kier alpha value is -1.22. The van der Waals surface area contributed by atoms with E-state index in [4.69, 9.17) is 14.6 Å². The van der Waals surface area contributed by atoms with Gasteiger partial charge in [0.15, 0.2) is 11.5 Å². The molecule has 0 fully saturated rings. The van der Waals surface area contributed by atoms with Gasteiger partial charge >= 0.3 is 0 Å². The molecule has 0 saturated carbocycles. The van der Waals surface area contributed by atoms with Gasteiger partial charge in [0.2, 0.25) is 6.79 Å². The monoisotopic (exact) mass is 194 g/mol. The van der Waals surface area contributed by atoms with E-state index in [1.165, 1.54) is 0 Å². The third-order valence-electron chi connectivity index (χ3n) is 2.47. The molecule has 0 aliphatic carbocycles. The molecule has 0 saturated heterocycles. The molecule has 0 aromatic heterocycles. The zero-order chi connectivity index (χ0) is 9.97. The number of hydrogen-bond donors (Lipinski definition) is 1. The number of aliphatic hydroxyl groups excluding tert-OH is 1. The van der Waals surface area contributed by atoms with Gasteiger partial charge < -0.3 is 14.6 Å². The molecular formula is C11H14O3. The van der Waals surface area contributed by atoms with E-state index in [2.05, 4.69) is 6.92 Å². The van der Waals surface area contributed by atoms with Crippen LogP contribution in [-0.4, -0.2) is 18.5 Å². The summed E-state index contributed by atoms with van der Waals surface area (Å²) in [6, 6.07) is 3.91. The molecule has 0 unspecified atom stereocenters. The van der Waals surface area contributed by atoms with Crippen molar-refractivity contribution in [2.24, 2.45) is 0 Å². The maximum absolute atomic E-state index is 8.92. The number of fused-ring (bicyclic) bond motifs is 1. The summed E-state index contributed by atoms with van der Waals surface area (Å²) >= 11 is 0. The van der Waals surface area contributed by atoms with Crippen molar-refractivity contribution in [2.75, 3.05) is 13.4 Å². The van der Waals surface area contributed by atoms with Crippen molar-refractivity contribution >= 4 is 0 Å². The minimum atomic E-state index is 0.173. The van der Waals surface area contributed by atoms with Gasteiger partial charge in [0.25, 0.3) is 0 Å². The van der Waals surface area contributed by atoms with E-state index in [9.17, 15) is 0 Å². The molecule has 14 heavy (non-hydrogen) atoms. The lowest BCUT2D eigenvalue weighted by Crippen LogP contribution is -1.98. The standard InChI is InChI=1S/C11H14O3/c1-2-9-8(5-6-12)3-4-10-11(9)14-7-13-10/h3-4,12H,2,5-7H2,1H3. The smallest absolute Gasteiger partial charge is 0.231 e. The van der Waals surface area contributed by atoms with Crippen LogP contribution in [0.25, 0.3) is 0 Å². The van der Waals surface area contributed by atoms with Gasteiger partial charge in [-0.05, 0) is 24.5 Å². The average Bonchev–Trinajstić information content (AvgIpc) is 2.66. The molecule has 76 valence electrons. The summed E-state index contributed by atoms with van der Waals surface area (Å²) in [6.07, 6.45) is 1.58.